The van der Waals surface area contributed by atoms with Gasteiger partial charge in [-0.2, -0.15) is 5.10 Å². The fourth-order valence-electron chi connectivity index (χ4n) is 1.38. The van der Waals surface area contributed by atoms with Crippen molar-refractivity contribution in [2.45, 2.75) is 25.9 Å². The summed E-state index contributed by atoms with van der Waals surface area (Å²) in [6.45, 7) is 3.61. The Kier molecular flexibility index (Phi) is 4.55. The SMILES string of the molecule is CCn1ncnc1CC(COC)NC. The van der Waals surface area contributed by atoms with Crippen LogP contribution in [0.25, 0.3) is 0 Å². The number of hydrogen-bond acceptors (Lipinski definition) is 4. The third kappa shape index (κ3) is 2.78. The summed E-state index contributed by atoms with van der Waals surface area (Å²) >= 11 is 0. The van der Waals surface area contributed by atoms with E-state index >= 15 is 0 Å². The standard InChI is InChI=1S/C9H18N4O/c1-4-13-9(11-7-12-13)5-8(10-2)6-14-3/h7-8,10H,4-6H2,1-3H3. The molecule has 14 heavy (non-hydrogen) atoms. The molecule has 0 saturated carbocycles. The third-order valence-electron chi connectivity index (χ3n) is 2.20. The van der Waals surface area contributed by atoms with E-state index in [4.69, 9.17) is 4.74 Å². The summed E-state index contributed by atoms with van der Waals surface area (Å²) in [6, 6.07) is 0.300. The Bertz CT molecular complexity index is 261. The first kappa shape index (κ1) is 11.1. The van der Waals surface area contributed by atoms with Gasteiger partial charge in [0.1, 0.15) is 12.2 Å². The number of methoxy groups -OCH3 is 1. The van der Waals surface area contributed by atoms with Gasteiger partial charge in [0.25, 0.3) is 0 Å². The van der Waals surface area contributed by atoms with Crippen LogP contribution in [0.1, 0.15) is 12.7 Å². The lowest BCUT2D eigenvalue weighted by atomic mass is 10.2. The molecule has 1 N–H and O–H groups in total. The van der Waals surface area contributed by atoms with Crippen LogP contribution < -0.4 is 5.32 Å². The largest absolute Gasteiger partial charge is 0.383 e. The molecule has 0 aliphatic carbocycles. The van der Waals surface area contributed by atoms with Crippen molar-refractivity contribution in [2.24, 2.45) is 0 Å². The number of ether oxygens (including phenoxy) is 1. The van der Waals surface area contributed by atoms with E-state index in [1.165, 1.54) is 0 Å². The van der Waals surface area contributed by atoms with Crippen LogP contribution in [-0.4, -0.2) is 41.6 Å². The number of aromatic nitrogens is 3. The van der Waals surface area contributed by atoms with E-state index in [0.29, 0.717) is 12.6 Å². The average Bonchev–Trinajstić information content (AvgIpc) is 2.64. The van der Waals surface area contributed by atoms with Gasteiger partial charge in [-0.25, -0.2) is 4.98 Å². The number of rotatable bonds is 6. The van der Waals surface area contributed by atoms with Crippen molar-refractivity contribution in [3.05, 3.63) is 12.2 Å². The summed E-state index contributed by atoms with van der Waals surface area (Å²) in [5.41, 5.74) is 0. The fraction of sp³-hybridized carbons (Fsp3) is 0.778. The van der Waals surface area contributed by atoms with E-state index in [9.17, 15) is 0 Å². The smallest absolute Gasteiger partial charge is 0.138 e. The van der Waals surface area contributed by atoms with Crippen molar-refractivity contribution in [1.29, 1.82) is 0 Å². The van der Waals surface area contributed by atoms with E-state index in [-0.39, 0.29) is 0 Å². The highest BCUT2D eigenvalue weighted by molar-refractivity contribution is 4.89. The monoisotopic (exact) mass is 198 g/mol. The maximum Gasteiger partial charge on any atom is 0.138 e. The Morgan fingerprint density at radius 1 is 1.64 bits per heavy atom. The van der Waals surface area contributed by atoms with E-state index < -0.39 is 0 Å². The molecule has 0 spiro atoms. The summed E-state index contributed by atoms with van der Waals surface area (Å²) in [5.74, 6) is 1.00. The molecule has 1 atom stereocenters. The predicted octanol–water partition coefficient (Wildman–Crippen LogP) is 0.0749. The minimum Gasteiger partial charge on any atom is -0.383 e. The van der Waals surface area contributed by atoms with Crippen molar-refractivity contribution >= 4 is 0 Å². The van der Waals surface area contributed by atoms with Crippen LogP contribution in [-0.2, 0) is 17.7 Å². The summed E-state index contributed by atoms with van der Waals surface area (Å²) in [4.78, 5) is 4.21. The molecule has 0 fully saturated rings. The first-order chi connectivity index (χ1) is 6.81. The molecule has 1 aromatic rings. The Labute approximate surface area is 84.5 Å². The van der Waals surface area contributed by atoms with Crippen molar-refractivity contribution in [1.82, 2.24) is 20.1 Å². The summed E-state index contributed by atoms with van der Waals surface area (Å²) < 4.78 is 7.00. The molecule has 5 nitrogen and oxygen atoms in total. The normalized spacial score (nSPS) is 13.1. The second kappa shape index (κ2) is 5.72. The Hall–Kier alpha value is -0.940. The highest BCUT2D eigenvalue weighted by Gasteiger charge is 2.10. The molecule has 1 heterocycles. The molecule has 0 amide bonds. The first-order valence-electron chi connectivity index (χ1n) is 4.84. The lowest BCUT2D eigenvalue weighted by Gasteiger charge is -2.14. The lowest BCUT2D eigenvalue weighted by Crippen LogP contribution is -2.33. The molecule has 0 radical (unpaired) electrons. The second-order valence-electron chi connectivity index (χ2n) is 3.14. The van der Waals surface area contributed by atoms with E-state index in [2.05, 4.69) is 22.3 Å². The van der Waals surface area contributed by atoms with Crippen LogP contribution in [0.15, 0.2) is 6.33 Å². The number of aryl methyl sites for hydroxylation is 1. The van der Waals surface area contributed by atoms with Gasteiger partial charge in [-0.1, -0.05) is 0 Å². The maximum absolute atomic E-state index is 5.10. The van der Waals surface area contributed by atoms with Crippen LogP contribution >= 0.6 is 0 Å². The number of nitrogens with one attached hydrogen (secondary N) is 1. The van der Waals surface area contributed by atoms with Crippen molar-refractivity contribution in [3.8, 4) is 0 Å². The molecule has 80 valence electrons. The summed E-state index contributed by atoms with van der Waals surface area (Å²) in [5, 5.41) is 7.31. The topological polar surface area (TPSA) is 52.0 Å². The lowest BCUT2D eigenvalue weighted by molar-refractivity contribution is 0.168. The van der Waals surface area contributed by atoms with Gasteiger partial charge >= 0.3 is 0 Å². The van der Waals surface area contributed by atoms with Gasteiger partial charge in [-0.3, -0.25) is 4.68 Å². The zero-order chi connectivity index (χ0) is 10.4. The van der Waals surface area contributed by atoms with E-state index in [1.54, 1.807) is 13.4 Å². The molecule has 0 saturated heterocycles. The van der Waals surface area contributed by atoms with E-state index in [0.717, 1.165) is 18.8 Å². The number of nitrogens with zero attached hydrogens (tertiary/aromatic N) is 3. The fourth-order valence-corrected chi connectivity index (χ4v) is 1.38. The van der Waals surface area contributed by atoms with Crippen LogP contribution in [0.2, 0.25) is 0 Å². The third-order valence-corrected chi connectivity index (χ3v) is 2.20. The Morgan fingerprint density at radius 3 is 3.00 bits per heavy atom. The molecule has 1 aromatic heterocycles. The molecule has 0 aliphatic rings. The molecule has 0 bridgehead atoms. The van der Waals surface area contributed by atoms with Gasteiger partial charge < -0.3 is 10.1 Å². The minimum atomic E-state index is 0.300. The average molecular weight is 198 g/mol. The summed E-state index contributed by atoms with van der Waals surface area (Å²) in [6.07, 6.45) is 2.44. The zero-order valence-corrected chi connectivity index (χ0v) is 9.03. The van der Waals surface area contributed by atoms with Gasteiger partial charge in [0, 0.05) is 26.1 Å². The molecule has 0 aromatic carbocycles. The quantitative estimate of drug-likeness (QED) is 0.703. The molecular weight excluding hydrogens is 180 g/mol. The molecule has 0 aliphatic heterocycles. The highest BCUT2D eigenvalue weighted by atomic mass is 16.5. The zero-order valence-electron chi connectivity index (χ0n) is 9.03. The van der Waals surface area contributed by atoms with Crippen LogP contribution in [0, 0.1) is 0 Å². The highest BCUT2D eigenvalue weighted by Crippen LogP contribution is 1.99. The van der Waals surface area contributed by atoms with E-state index in [1.807, 2.05) is 11.7 Å². The first-order valence-corrected chi connectivity index (χ1v) is 4.84. The van der Waals surface area contributed by atoms with Crippen molar-refractivity contribution < 1.29 is 4.74 Å². The van der Waals surface area contributed by atoms with Crippen LogP contribution in [0.3, 0.4) is 0 Å². The molecule has 1 unspecified atom stereocenters. The maximum atomic E-state index is 5.10. The summed E-state index contributed by atoms with van der Waals surface area (Å²) in [7, 11) is 3.63. The van der Waals surface area contributed by atoms with Crippen molar-refractivity contribution in [3.63, 3.8) is 0 Å². The van der Waals surface area contributed by atoms with Gasteiger partial charge in [-0.05, 0) is 14.0 Å². The van der Waals surface area contributed by atoms with Crippen LogP contribution in [0.5, 0.6) is 0 Å². The van der Waals surface area contributed by atoms with Gasteiger partial charge in [0.15, 0.2) is 0 Å². The number of hydrogen-bond donors (Lipinski definition) is 1. The van der Waals surface area contributed by atoms with Gasteiger partial charge in [-0.15, -0.1) is 0 Å². The number of likely N-dealkylation sites (N-methyl/N-ethyl adjacent to an activating group) is 1. The minimum absolute atomic E-state index is 0.300. The van der Waals surface area contributed by atoms with Gasteiger partial charge in [0.2, 0.25) is 0 Å². The Balaban J connectivity index is 2.56. The second-order valence-corrected chi connectivity index (χ2v) is 3.14. The van der Waals surface area contributed by atoms with Gasteiger partial charge in [0.05, 0.1) is 6.61 Å². The predicted molar refractivity (Wildman–Crippen MR) is 54.1 cm³/mol. The molecule has 5 heteroatoms. The van der Waals surface area contributed by atoms with Crippen molar-refractivity contribution in [2.75, 3.05) is 20.8 Å². The Morgan fingerprint density at radius 2 is 2.43 bits per heavy atom. The molecule has 1 rings (SSSR count). The molecular formula is C9H18N4O. The van der Waals surface area contributed by atoms with Crippen LogP contribution in [0.4, 0.5) is 0 Å².